The van der Waals surface area contributed by atoms with Crippen LogP contribution in [-0.2, 0) is 9.53 Å². The number of halogens is 1. The van der Waals surface area contributed by atoms with E-state index in [0.717, 1.165) is 5.56 Å². The first-order valence-electron chi connectivity index (χ1n) is 6.44. The number of carbonyl (C=O) groups excluding carboxylic acids is 1. The van der Waals surface area contributed by atoms with Crippen molar-refractivity contribution in [2.45, 2.75) is 26.9 Å². The first-order chi connectivity index (χ1) is 9.49. The van der Waals surface area contributed by atoms with Crippen molar-refractivity contribution in [1.82, 2.24) is 0 Å². The normalized spacial score (nSPS) is 14.1. The highest BCUT2D eigenvalue weighted by molar-refractivity contribution is 6.30. The van der Waals surface area contributed by atoms with Crippen LogP contribution in [0.15, 0.2) is 47.6 Å². The van der Waals surface area contributed by atoms with Crippen LogP contribution in [-0.4, -0.2) is 17.7 Å². The van der Waals surface area contributed by atoms with Crippen LogP contribution in [0.3, 0.4) is 0 Å². The second kappa shape index (κ2) is 7.88. The smallest absolute Gasteiger partial charge is 0.333 e. The molecular formula is C16H19ClO3. The van der Waals surface area contributed by atoms with Crippen molar-refractivity contribution in [3.05, 3.63) is 58.1 Å². The maximum Gasteiger partial charge on any atom is 0.333 e. The minimum absolute atomic E-state index is 0.328. The van der Waals surface area contributed by atoms with E-state index in [1.807, 2.05) is 6.92 Å². The third-order valence-electron chi connectivity index (χ3n) is 2.82. The molecule has 0 saturated carbocycles. The fourth-order valence-corrected chi connectivity index (χ4v) is 1.84. The summed E-state index contributed by atoms with van der Waals surface area (Å²) in [7, 11) is 0. The van der Waals surface area contributed by atoms with Crippen molar-refractivity contribution in [3.8, 4) is 0 Å². The van der Waals surface area contributed by atoms with Crippen molar-refractivity contribution in [1.29, 1.82) is 0 Å². The molecule has 0 aliphatic carbocycles. The van der Waals surface area contributed by atoms with E-state index in [4.69, 9.17) is 16.3 Å². The summed E-state index contributed by atoms with van der Waals surface area (Å²) < 4.78 is 4.92. The molecule has 1 atom stereocenters. The first-order valence-corrected chi connectivity index (χ1v) is 6.82. The summed E-state index contributed by atoms with van der Waals surface area (Å²) in [5.74, 6) is -0.379. The monoisotopic (exact) mass is 294 g/mol. The van der Waals surface area contributed by atoms with Crippen LogP contribution in [0, 0.1) is 0 Å². The molecule has 0 aromatic heterocycles. The number of aliphatic hydroxyl groups is 1. The van der Waals surface area contributed by atoms with Crippen molar-refractivity contribution in [3.63, 3.8) is 0 Å². The third-order valence-corrected chi connectivity index (χ3v) is 3.07. The molecule has 0 heterocycles. The van der Waals surface area contributed by atoms with E-state index in [-0.39, 0.29) is 5.97 Å². The molecule has 108 valence electrons. The first kappa shape index (κ1) is 16.5. The van der Waals surface area contributed by atoms with Crippen LogP contribution in [0.25, 0.3) is 0 Å². The molecule has 0 aliphatic heterocycles. The average Bonchev–Trinajstić information content (AvgIpc) is 2.44. The van der Waals surface area contributed by atoms with E-state index in [1.54, 1.807) is 50.3 Å². The zero-order valence-electron chi connectivity index (χ0n) is 11.9. The van der Waals surface area contributed by atoms with E-state index in [0.29, 0.717) is 22.8 Å². The molecule has 0 saturated heterocycles. The Hall–Kier alpha value is -1.58. The summed E-state index contributed by atoms with van der Waals surface area (Å²) in [5.41, 5.74) is 1.81. The van der Waals surface area contributed by atoms with Gasteiger partial charge in [0.1, 0.15) is 6.10 Å². The zero-order chi connectivity index (χ0) is 15.1. The number of hydrogen-bond acceptors (Lipinski definition) is 3. The molecule has 1 rings (SSSR count). The van der Waals surface area contributed by atoms with Crippen LogP contribution < -0.4 is 0 Å². The van der Waals surface area contributed by atoms with Gasteiger partial charge in [0, 0.05) is 10.6 Å². The Labute approximate surface area is 124 Å². The molecule has 4 heteroatoms. The lowest BCUT2D eigenvalue weighted by molar-refractivity contribution is -0.138. The van der Waals surface area contributed by atoms with Crippen LogP contribution >= 0.6 is 11.6 Å². The number of benzene rings is 1. The maximum atomic E-state index is 11.6. The summed E-state index contributed by atoms with van der Waals surface area (Å²) in [6.07, 6.45) is 2.60. The number of aliphatic hydroxyl groups excluding tert-OH is 1. The molecule has 1 N–H and O–H groups in total. The van der Waals surface area contributed by atoms with Crippen molar-refractivity contribution >= 4 is 17.6 Å². The summed E-state index contributed by atoms with van der Waals surface area (Å²) >= 11 is 5.82. The van der Waals surface area contributed by atoms with Crippen LogP contribution in [0.2, 0.25) is 5.02 Å². The minimum Gasteiger partial charge on any atom is -0.463 e. The lowest BCUT2D eigenvalue weighted by Crippen LogP contribution is -2.07. The Balaban J connectivity index is 2.94. The Morgan fingerprint density at radius 1 is 1.40 bits per heavy atom. The van der Waals surface area contributed by atoms with Crippen molar-refractivity contribution in [2.24, 2.45) is 0 Å². The maximum absolute atomic E-state index is 11.6. The SMILES string of the molecule is C/C=C(/C=C(\C)C(=O)OCC)C(O)c1ccc(Cl)cc1. The molecule has 20 heavy (non-hydrogen) atoms. The van der Waals surface area contributed by atoms with Gasteiger partial charge < -0.3 is 9.84 Å². The van der Waals surface area contributed by atoms with Gasteiger partial charge in [-0.15, -0.1) is 0 Å². The Morgan fingerprint density at radius 3 is 2.50 bits per heavy atom. The molecule has 0 spiro atoms. The molecular weight excluding hydrogens is 276 g/mol. The van der Waals surface area contributed by atoms with Gasteiger partial charge in [-0.2, -0.15) is 0 Å². The highest BCUT2D eigenvalue weighted by atomic mass is 35.5. The Morgan fingerprint density at radius 2 is 2.00 bits per heavy atom. The van der Waals surface area contributed by atoms with Gasteiger partial charge in [0.2, 0.25) is 0 Å². The van der Waals surface area contributed by atoms with E-state index in [2.05, 4.69) is 0 Å². The lowest BCUT2D eigenvalue weighted by atomic mass is 9.99. The topological polar surface area (TPSA) is 46.5 Å². The summed E-state index contributed by atoms with van der Waals surface area (Å²) in [6.45, 7) is 5.55. The van der Waals surface area contributed by atoms with Crippen LogP contribution in [0.5, 0.6) is 0 Å². The third kappa shape index (κ3) is 4.51. The summed E-state index contributed by atoms with van der Waals surface area (Å²) in [5, 5.41) is 10.9. The quantitative estimate of drug-likeness (QED) is 0.510. The van der Waals surface area contributed by atoms with Gasteiger partial charge in [-0.25, -0.2) is 4.79 Å². The van der Waals surface area contributed by atoms with Gasteiger partial charge in [-0.3, -0.25) is 0 Å². The van der Waals surface area contributed by atoms with Gasteiger partial charge in [0.25, 0.3) is 0 Å². The number of allylic oxidation sites excluding steroid dienone is 1. The fourth-order valence-electron chi connectivity index (χ4n) is 1.71. The molecule has 0 amide bonds. The Bertz CT molecular complexity index is 515. The fraction of sp³-hybridized carbons (Fsp3) is 0.312. The molecule has 0 fully saturated rings. The molecule has 1 unspecified atom stereocenters. The standard InChI is InChI=1S/C16H19ClO3/c1-4-12(10-11(3)16(19)20-5-2)15(18)13-6-8-14(17)9-7-13/h4,6-10,15,18H,5H2,1-3H3/b11-10+,12-4-. The average molecular weight is 295 g/mol. The summed E-state index contributed by atoms with van der Waals surface area (Å²) in [4.78, 5) is 11.6. The molecule has 1 aromatic carbocycles. The van der Waals surface area contributed by atoms with Gasteiger partial charge >= 0.3 is 5.97 Å². The summed E-state index contributed by atoms with van der Waals surface area (Å²) in [6, 6.07) is 6.94. The van der Waals surface area contributed by atoms with Gasteiger partial charge in [-0.1, -0.05) is 29.8 Å². The molecule has 0 aliphatic rings. The predicted molar refractivity (Wildman–Crippen MR) is 80.6 cm³/mol. The molecule has 3 nitrogen and oxygen atoms in total. The molecule has 0 radical (unpaired) electrons. The van der Waals surface area contributed by atoms with Crippen LogP contribution in [0.4, 0.5) is 0 Å². The predicted octanol–water partition coefficient (Wildman–Crippen LogP) is 3.83. The Kier molecular flexibility index (Phi) is 6.49. The lowest BCUT2D eigenvalue weighted by Gasteiger charge is -2.13. The van der Waals surface area contributed by atoms with Crippen molar-refractivity contribution < 1.29 is 14.6 Å². The van der Waals surface area contributed by atoms with Crippen molar-refractivity contribution in [2.75, 3.05) is 6.61 Å². The zero-order valence-corrected chi connectivity index (χ0v) is 12.6. The number of hydrogen-bond donors (Lipinski definition) is 1. The number of carbonyl (C=O) groups is 1. The molecule has 0 bridgehead atoms. The van der Waals surface area contributed by atoms with E-state index in [9.17, 15) is 9.90 Å². The van der Waals surface area contributed by atoms with Crippen LogP contribution in [0.1, 0.15) is 32.4 Å². The van der Waals surface area contributed by atoms with Gasteiger partial charge in [-0.05, 0) is 50.1 Å². The second-order valence-electron chi connectivity index (χ2n) is 4.29. The highest BCUT2D eigenvalue weighted by Crippen LogP contribution is 2.25. The van der Waals surface area contributed by atoms with Gasteiger partial charge in [0.15, 0.2) is 0 Å². The van der Waals surface area contributed by atoms with Gasteiger partial charge in [0.05, 0.1) is 6.61 Å². The molecule has 1 aromatic rings. The van der Waals surface area contributed by atoms with E-state index in [1.165, 1.54) is 0 Å². The largest absolute Gasteiger partial charge is 0.463 e. The van der Waals surface area contributed by atoms with E-state index < -0.39 is 6.10 Å². The number of esters is 1. The number of ether oxygens (including phenoxy) is 1. The van der Waals surface area contributed by atoms with E-state index >= 15 is 0 Å². The highest BCUT2D eigenvalue weighted by Gasteiger charge is 2.13. The second-order valence-corrected chi connectivity index (χ2v) is 4.73. The number of rotatable bonds is 5. The minimum atomic E-state index is -0.804.